The second kappa shape index (κ2) is 16.9. The van der Waals surface area contributed by atoms with Gasteiger partial charge in [0.05, 0.1) is 44.5 Å². The Hall–Kier alpha value is -9.78. The number of imidazole rings is 1. The van der Waals surface area contributed by atoms with Crippen molar-refractivity contribution in [3.8, 4) is 78.9 Å². The number of hydrogen-bond acceptors (Lipinski definition) is 2. The van der Waals surface area contributed by atoms with E-state index in [2.05, 4.69) is 276 Å². The highest BCUT2D eigenvalue weighted by molar-refractivity contribution is 6.14. The maximum Gasteiger partial charge on any atom is 0.269 e. The summed E-state index contributed by atoms with van der Waals surface area (Å²) in [5.74, 6) is 2.33. The molecule has 0 fully saturated rings. The monoisotopic (exact) mass is 975 g/mol. The Labute approximate surface area is 440 Å². The van der Waals surface area contributed by atoms with Crippen molar-refractivity contribution in [3.63, 3.8) is 0 Å². The minimum absolute atomic E-state index is 0.0302. The maximum atomic E-state index is 6.90. The predicted octanol–water partition coefficient (Wildman–Crippen LogP) is 17.4. The van der Waals surface area contributed by atoms with Crippen LogP contribution in [0.5, 0.6) is 11.5 Å². The molecule has 0 radical (unpaired) electrons. The van der Waals surface area contributed by atoms with Crippen LogP contribution >= 0.6 is 0 Å². The van der Waals surface area contributed by atoms with E-state index in [4.69, 9.17) is 9.72 Å². The van der Waals surface area contributed by atoms with Crippen LogP contribution in [-0.4, -0.2) is 18.7 Å². The van der Waals surface area contributed by atoms with E-state index in [-0.39, 0.29) is 5.41 Å². The predicted molar refractivity (Wildman–Crippen MR) is 311 cm³/mol. The lowest BCUT2D eigenvalue weighted by atomic mass is 9.87. The van der Waals surface area contributed by atoms with Crippen molar-refractivity contribution >= 4 is 54.6 Å². The maximum absolute atomic E-state index is 6.90. The van der Waals surface area contributed by atoms with Crippen molar-refractivity contribution in [2.24, 2.45) is 0 Å². The Morgan fingerprint density at radius 3 is 1.79 bits per heavy atom. The smallest absolute Gasteiger partial charge is 0.269 e. The van der Waals surface area contributed by atoms with Crippen LogP contribution in [0.4, 0.5) is 0 Å². The fourth-order valence-electron chi connectivity index (χ4n) is 11.9. The van der Waals surface area contributed by atoms with E-state index in [1.54, 1.807) is 0 Å². The van der Waals surface area contributed by atoms with Gasteiger partial charge in [0.1, 0.15) is 17.3 Å². The van der Waals surface area contributed by atoms with Gasteiger partial charge >= 0.3 is 0 Å². The van der Waals surface area contributed by atoms with Gasteiger partial charge < -0.3 is 9.30 Å². The van der Waals surface area contributed by atoms with Crippen molar-refractivity contribution in [1.82, 2.24) is 18.7 Å². The lowest BCUT2D eigenvalue weighted by molar-refractivity contribution is -0.570. The van der Waals surface area contributed by atoms with Crippen molar-refractivity contribution in [1.29, 1.82) is 0 Å². The van der Waals surface area contributed by atoms with Gasteiger partial charge in [-0.1, -0.05) is 172 Å². The molecule has 0 unspecified atom stereocenters. The number of aromatic nitrogens is 5. The normalized spacial score (nSPS) is 12.1. The van der Waals surface area contributed by atoms with Gasteiger partial charge in [0.2, 0.25) is 0 Å². The molecule has 6 nitrogen and oxygen atoms in total. The lowest BCUT2D eigenvalue weighted by Gasteiger charge is -2.20. The van der Waals surface area contributed by atoms with Gasteiger partial charge in [-0.15, -0.1) is 0 Å². The van der Waals surface area contributed by atoms with E-state index >= 15 is 0 Å². The van der Waals surface area contributed by atoms with Gasteiger partial charge in [-0.3, -0.25) is 13.7 Å². The van der Waals surface area contributed by atoms with E-state index in [9.17, 15) is 0 Å². The number of pyridine rings is 1. The fourth-order valence-corrected chi connectivity index (χ4v) is 11.9. The van der Waals surface area contributed by atoms with Crippen LogP contribution in [0, 0.1) is 6.33 Å². The van der Waals surface area contributed by atoms with Crippen LogP contribution in [0.15, 0.2) is 243 Å². The van der Waals surface area contributed by atoms with Crippen LogP contribution < -0.4 is 9.30 Å². The summed E-state index contributed by atoms with van der Waals surface area (Å²) in [6.07, 6.45) is 5.92. The molecular weight excluding hydrogens is 927 g/mol. The lowest BCUT2D eigenvalue weighted by Crippen LogP contribution is -2.32. The largest absolute Gasteiger partial charge is 0.458 e. The molecule has 360 valence electrons. The van der Waals surface area contributed by atoms with Gasteiger partial charge in [0.15, 0.2) is 0 Å². The summed E-state index contributed by atoms with van der Waals surface area (Å²) in [6.45, 7) is 6.72. The highest BCUT2D eigenvalue weighted by Gasteiger charge is 2.28. The second-order valence-corrected chi connectivity index (χ2v) is 20.9. The third-order valence-corrected chi connectivity index (χ3v) is 15.4. The third-order valence-electron chi connectivity index (χ3n) is 15.4. The first-order valence-corrected chi connectivity index (χ1v) is 26.0. The fraction of sp³-hybridized carbons (Fsp3) is 0.0571. The van der Waals surface area contributed by atoms with Crippen LogP contribution in [0.1, 0.15) is 26.3 Å². The Balaban J connectivity index is 0.938. The van der Waals surface area contributed by atoms with Gasteiger partial charge in [-0.25, -0.2) is 4.98 Å². The van der Waals surface area contributed by atoms with Gasteiger partial charge in [0.25, 0.3) is 6.33 Å². The Morgan fingerprint density at radius 1 is 0.408 bits per heavy atom. The van der Waals surface area contributed by atoms with Crippen molar-refractivity contribution in [2.75, 3.05) is 0 Å². The molecule has 4 aromatic heterocycles. The van der Waals surface area contributed by atoms with Crippen LogP contribution in [0.3, 0.4) is 0 Å². The third kappa shape index (κ3) is 6.80. The molecular formula is C70H49N5O. The summed E-state index contributed by atoms with van der Waals surface area (Å²) in [7, 11) is 0. The quantitative estimate of drug-likeness (QED) is 0.123. The van der Waals surface area contributed by atoms with Gasteiger partial charge in [-0.05, 0) is 134 Å². The number of ether oxygens (including phenoxy) is 1. The van der Waals surface area contributed by atoms with Crippen molar-refractivity contribution in [3.05, 3.63) is 255 Å². The van der Waals surface area contributed by atoms with Crippen LogP contribution in [-0.2, 0) is 5.41 Å². The second-order valence-electron chi connectivity index (χ2n) is 20.9. The van der Waals surface area contributed by atoms with Crippen LogP contribution in [0.2, 0.25) is 0 Å². The molecule has 6 heteroatoms. The number of fused-ring (bicyclic) bond motifs is 13. The number of benzene rings is 10. The topological polar surface area (TPSA) is 40.8 Å². The molecule has 1 aliphatic heterocycles. The molecule has 0 saturated heterocycles. The van der Waals surface area contributed by atoms with Gasteiger partial charge in [-0.2, -0.15) is 0 Å². The minimum atomic E-state index is -0.0302. The van der Waals surface area contributed by atoms with Crippen molar-refractivity contribution in [2.45, 2.75) is 26.2 Å². The number of rotatable bonds is 6. The molecule has 76 heavy (non-hydrogen) atoms. The summed E-state index contributed by atoms with van der Waals surface area (Å²) in [6, 6.07) is 85.2. The van der Waals surface area contributed by atoms with Crippen LogP contribution in [0.25, 0.3) is 122 Å². The highest BCUT2D eigenvalue weighted by Crippen LogP contribution is 2.48. The van der Waals surface area contributed by atoms with Crippen molar-refractivity contribution < 1.29 is 9.30 Å². The molecule has 0 spiro atoms. The summed E-state index contributed by atoms with van der Waals surface area (Å²) in [5.41, 5.74) is 20.0. The zero-order valence-corrected chi connectivity index (χ0v) is 42.2. The van der Waals surface area contributed by atoms with E-state index in [0.29, 0.717) is 0 Å². The van der Waals surface area contributed by atoms with E-state index in [1.807, 2.05) is 12.3 Å². The number of nitrogens with zero attached hydrogens (tertiary/aromatic N) is 5. The zero-order valence-electron chi connectivity index (χ0n) is 42.2. The molecule has 0 amide bonds. The molecule has 15 rings (SSSR count). The standard InChI is InChI=1S/C70H49N5O/c1-70(2,3)46-37-38-71-67(39-46)75-63-33-15-12-27-54(63)56-36-35-50(41-65(56)75)76-49-24-16-23-48(40-49)72-44-73-68-51(45-19-6-4-7-20-45)29-17-30-58(68)59-42-61-55-28-13-14-32-62(55)74(47-21-8-5-9-22-47)66(61)43-60(59)53-26-11-10-25-52(53)57-31-18-34-64(72)69(57)73/h4-43H,1-3H3. The molecule has 14 aromatic rings. The first-order valence-electron chi connectivity index (χ1n) is 26.0. The van der Waals surface area contributed by atoms with Gasteiger partial charge in [0, 0.05) is 39.5 Å². The number of hydrogen-bond donors (Lipinski definition) is 0. The molecule has 10 aromatic carbocycles. The Morgan fingerprint density at radius 2 is 0.987 bits per heavy atom. The molecule has 1 aliphatic rings. The first kappa shape index (κ1) is 43.8. The molecule has 0 bridgehead atoms. The highest BCUT2D eigenvalue weighted by atomic mass is 16.5. The molecule has 0 aliphatic carbocycles. The number of para-hydroxylation sites is 5. The Kier molecular flexibility index (Phi) is 9.72. The summed E-state index contributed by atoms with van der Waals surface area (Å²) in [5, 5.41) is 4.72. The molecule has 0 N–H and O–H groups in total. The average molecular weight is 976 g/mol. The van der Waals surface area contributed by atoms with E-state index in [0.717, 1.165) is 106 Å². The van der Waals surface area contributed by atoms with E-state index in [1.165, 1.54) is 32.8 Å². The first-order chi connectivity index (χ1) is 37.3. The minimum Gasteiger partial charge on any atom is -0.458 e. The van der Waals surface area contributed by atoms with E-state index < -0.39 is 0 Å². The molecule has 5 heterocycles. The zero-order chi connectivity index (χ0) is 50.6. The molecule has 0 saturated carbocycles. The summed E-state index contributed by atoms with van der Waals surface area (Å²) in [4.78, 5) is 4.92. The Bertz CT molecular complexity index is 4650. The summed E-state index contributed by atoms with van der Waals surface area (Å²) < 4.78 is 16.1. The SMILES string of the molecule is CC(C)(C)c1ccnc(-n2c3ccccc3c3ccc(Oc4cccc(-n5[c-][n+]6c7c(cccc75)-c5ccccc5-c5cc7c(cc5-c5cccc(-c8ccccc8)c5-6)c5ccccc5n7-c5ccccc5)c4)cc32)c1. The molecule has 0 atom stereocenters. The summed E-state index contributed by atoms with van der Waals surface area (Å²) >= 11 is 0. The average Bonchev–Trinajstić information content (AvgIpc) is 4.19.